The minimum Gasteiger partial charge on any atom is -0.447 e. The number of benzene rings is 1. The number of rotatable bonds is 2. The number of fused-ring (bicyclic) bond motifs is 2. The Labute approximate surface area is 182 Å². The number of nitrogens with zero attached hydrogens (tertiary/aromatic N) is 4. The first-order valence-corrected chi connectivity index (χ1v) is 11.1. The monoisotopic (exact) mass is 423 g/mol. The highest BCUT2D eigenvalue weighted by molar-refractivity contribution is 6.03. The molecule has 2 aromatic rings. The Morgan fingerprint density at radius 2 is 2.19 bits per heavy atom. The van der Waals surface area contributed by atoms with Crippen LogP contribution in [-0.2, 0) is 4.74 Å². The quantitative estimate of drug-likeness (QED) is 0.804. The number of aryl methyl sites for hydroxylation is 1. The molecule has 0 spiro atoms. The number of cyclic esters (lactones) is 1. The predicted molar refractivity (Wildman–Crippen MR) is 118 cm³/mol. The van der Waals surface area contributed by atoms with Gasteiger partial charge in [-0.3, -0.25) is 9.80 Å². The molecule has 1 aromatic heterocycles. The van der Waals surface area contributed by atoms with Crippen LogP contribution in [0.1, 0.15) is 25.3 Å². The molecule has 2 atom stereocenters. The van der Waals surface area contributed by atoms with E-state index in [0.717, 1.165) is 48.1 Å². The number of ether oxygens (including phenoxy) is 1. The second kappa shape index (κ2) is 7.67. The van der Waals surface area contributed by atoms with E-state index in [1.54, 1.807) is 11.1 Å². The summed E-state index contributed by atoms with van der Waals surface area (Å²) in [6.07, 6.45) is 3.46. The molecule has 0 aliphatic carbocycles. The Hall–Kier alpha value is -2.87. The lowest BCUT2D eigenvalue weighted by molar-refractivity contribution is 0.0811. The number of urea groups is 1. The lowest BCUT2D eigenvalue weighted by Crippen LogP contribution is -2.64. The fraction of sp³-hybridized carbons (Fsp3) is 0.522. The van der Waals surface area contributed by atoms with Crippen molar-refractivity contribution in [1.82, 2.24) is 20.1 Å². The molecule has 5 rings (SSSR count). The summed E-state index contributed by atoms with van der Waals surface area (Å²) in [4.78, 5) is 36.3. The standard InChI is InChI=1S/C23H29N5O3/c1-16-5-3-6-17-8-10-25-20(19(16)17)28(18-7-4-9-24-13-18)21(29)26-11-12-27-22(30)31-15-23(27,2)14-26/h3,5-6,8,10,18,24H,4,7,9,11-15H2,1-2H3/t18-,23+/m1/s1. The van der Waals surface area contributed by atoms with Gasteiger partial charge in [-0.15, -0.1) is 0 Å². The van der Waals surface area contributed by atoms with E-state index in [2.05, 4.69) is 24.4 Å². The second-order valence-electron chi connectivity index (χ2n) is 9.09. The summed E-state index contributed by atoms with van der Waals surface area (Å²) in [6, 6.07) is 8.15. The average Bonchev–Trinajstić information content (AvgIpc) is 3.08. The van der Waals surface area contributed by atoms with Gasteiger partial charge in [0.2, 0.25) is 0 Å². The van der Waals surface area contributed by atoms with Gasteiger partial charge >= 0.3 is 12.1 Å². The van der Waals surface area contributed by atoms with Crippen molar-refractivity contribution in [2.24, 2.45) is 0 Å². The largest absolute Gasteiger partial charge is 0.447 e. The Bertz CT molecular complexity index is 1020. The maximum atomic E-state index is 14.0. The van der Waals surface area contributed by atoms with Crippen LogP contribution < -0.4 is 10.2 Å². The number of hydrogen-bond acceptors (Lipinski definition) is 5. The van der Waals surface area contributed by atoms with E-state index >= 15 is 0 Å². The first-order valence-electron chi connectivity index (χ1n) is 11.1. The van der Waals surface area contributed by atoms with Gasteiger partial charge in [0, 0.05) is 37.8 Å². The fourth-order valence-corrected chi connectivity index (χ4v) is 5.16. The van der Waals surface area contributed by atoms with Gasteiger partial charge in [-0.1, -0.05) is 18.2 Å². The zero-order chi connectivity index (χ0) is 21.6. The molecule has 0 unspecified atom stereocenters. The number of anilines is 1. The van der Waals surface area contributed by atoms with E-state index in [0.29, 0.717) is 26.2 Å². The van der Waals surface area contributed by atoms with Crippen LogP contribution in [0.2, 0.25) is 0 Å². The summed E-state index contributed by atoms with van der Waals surface area (Å²) in [5.41, 5.74) is 0.623. The third kappa shape index (κ3) is 3.39. The van der Waals surface area contributed by atoms with Crippen LogP contribution >= 0.6 is 0 Å². The normalized spacial score (nSPS) is 26.0. The molecule has 3 aliphatic heterocycles. The fourth-order valence-electron chi connectivity index (χ4n) is 5.16. The molecule has 3 fully saturated rings. The van der Waals surface area contributed by atoms with Crippen molar-refractivity contribution >= 4 is 28.7 Å². The van der Waals surface area contributed by atoms with Crippen LogP contribution in [0.15, 0.2) is 30.5 Å². The molecule has 3 amide bonds. The van der Waals surface area contributed by atoms with Crippen molar-refractivity contribution in [1.29, 1.82) is 0 Å². The van der Waals surface area contributed by atoms with Gasteiger partial charge in [0.05, 0.1) is 11.6 Å². The minimum absolute atomic E-state index is 0.0336. The maximum Gasteiger partial charge on any atom is 0.410 e. The molecule has 31 heavy (non-hydrogen) atoms. The smallest absolute Gasteiger partial charge is 0.410 e. The molecule has 3 saturated heterocycles. The SMILES string of the molecule is Cc1cccc2ccnc(N(C(=O)N3CCN4C(=O)OC[C@]4(C)C3)[C@@H]3CCCNC3)c12. The molecular weight excluding hydrogens is 394 g/mol. The van der Waals surface area contributed by atoms with Crippen molar-refractivity contribution in [3.63, 3.8) is 0 Å². The van der Waals surface area contributed by atoms with Crippen molar-refractivity contribution < 1.29 is 14.3 Å². The molecule has 164 valence electrons. The Morgan fingerprint density at radius 1 is 1.32 bits per heavy atom. The van der Waals surface area contributed by atoms with E-state index in [1.807, 2.05) is 28.9 Å². The molecule has 0 saturated carbocycles. The van der Waals surface area contributed by atoms with Gasteiger partial charge in [0.25, 0.3) is 0 Å². The molecule has 1 N–H and O–H groups in total. The van der Waals surface area contributed by atoms with Gasteiger partial charge in [0.1, 0.15) is 12.4 Å². The van der Waals surface area contributed by atoms with Crippen LogP contribution in [0, 0.1) is 6.92 Å². The van der Waals surface area contributed by atoms with Crippen LogP contribution in [0.25, 0.3) is 10.8 Å². The lowest BCUT2D eigenvalue weighted by atomic mass is 9.98. The molecule has 8 heteroatoms. The number of hydrogen-bond donors (Lipinski definition) is 1. The number of piperazine rings is 1. The topological polar surface area (TPSA) is 78.0 Å². The summed E-state index contributed by atoms with van der Waals surface area (Å²) in [7, 11) is 0. The van der Waals surface area contributed by atoms with E-state index in [-0.39, 0.29) is 18.2 Å². The zero-order valence-electron chi connectivity index (χ0n) is 18.1. The van der Waals surface area contributed by atoms with Gasteiger partial charge < -0.3 is 15.0 Å². The first-order chi connectivity index (χ1) is 15.0. The highest BCUT2D eigenvalue weighted by atomic mass is 16.6. The van der Waals surface area contributed by atoms with Crippen LogP contribution in [0.3, 0.4) is 0 Å². The zero-order valence-corrected chi connectivity index (χ0v) is 18.1. The number of carbonyl (C=O) groups is 2. The highest BCUT2D eigenvalue weighted by Crippen LogP contribution is 2.33. The molecule has 1 aromatic carbocycles. The number of piperidine rings is 1. The number of carbonyl (C=O) groups excluding carboxylic acids is 2. The van der Waals surface area contributed by atoms with Crippen LogP contribution in [-0.4, -0.2) is 77.8 Å². The van der Waals surface area contributed by atoms with Crippen LogP contribution in [0.5, 0.6) is 0 Å². The molecule has 0 bridgehead atoms. The van der Waals surface area contributed by atoms with Gasteiger partial charge in [-0.2, -0.15) is 0 Å². The van der Waals surface area contributed by atoms with Crippen molar-refractivity contribution in [3.8, 4) is 0 Å². The van der Waals surface area contributed by atoms with E-state index in [4.69, 9.17) is 9.72 Å². The lowest BCUT2D eigenvalue weighted by Gasteiger charge is -2.45. The summed E-state index contributed by atoms with van der Waals surface area (Å²) in [5.74, 6) is 0.723. The molecule has 8 nitrogen and oxygen atoms in total. The van der Waals surface area contributed by atoms with Gasteiger partial charge in [-0.05, 0) is 50.2 Å². The molecule has 4 heterocycles. The number of aromatic nitrogens is 1. The second-order valence-corrected chi connectivity index (χ2v) is 9.09. The van der Waals surface area contributed by atoms with Crippen molar-refractivity contribution in [3.05, 3.63) is 36.0 Å². The van der Waals surface area contributed by atoms with Crippen molar-refractivity contribution in [2.75, 3.05) is 44.2 Å². The van der Waals surface area contributed by atoms with Crippen molar-refractivity contribution in [2.45, 2.75) is 38.3 Å². The summed E-state index contributed by atoms with van der Waals surface area (Å²) >= 11 is 0. The Morgan fingerprint density at radius 3 is 3.00 bits per heavy atom. The third-order valence-electron chi connectivity index (χ3n) is 6.82. The number of amides is 3. The average molecular weight is 424 g/mol. The summed E-state index contributed by atoms with van der Waals surface area (Å²) in [6.45, 7) is 7.51. The van der Waals surface area contributed by atoms with Gasteiger partial charge in [-0.25, -0.2) is 14.6 Å². The highest BCUT2D eigenvalue weighted by Gasteiger charge is 2.49. The number of nitrogens with one attached hydrogen (secondary N) is 1. The minimum atomic E-state index is -0.483. The molecule has 3 aliphatic rings. The van der Waals surface area contributed by atoms with Crippen LogP contribution in [0.4, 0.5) is 15.4 Å². The van der Waals surface area contributed by atoms with E-state index in [9.17, 15) is 9.59 Å². The number of pyridine rings is 1. The first kappa shape index (κ1) is 20.1. The molecular formula is C23H29N5O3. The predicted octanol–water partition coefficient (Wildman–Crippen LogP) is 2.75. The van der Waals surface area contributed by atoms with E-state index < -0.39 is 5.54 Å². The summed E-state index contributed by atoms with van der Waals surface area (Å²) in [5, 5.41) is 5.55. The summed E-state index contributed by atoms with van der Waals surface area (Å²) < 4.78 is 5.28. The maximum absolute atomic E-state index is 14.0. The Balaban J connectivity index is 1.54. The van der Waals surface area contributed by atoms with Gasteiger partial charge in [0.15, 0.2) is 0 Å². The van der Waals surface area contributed by atoms with E-state index in [1.165, 1.54) is 0 Å². The molecule has 0 radical (unpaired) electrons. The Kier molecular flexibility index (Phi) is 4.97. The third-order valence-corrected chi connectivity index (χ3v) is 6.82.